The molecule has 0 radical (unpaired) electrons. The fraction of sp³-hybridized carbons (Fsp3) is 0.571. The maximum atomic E-state index is 6.01. The predicted molar refractivity (Wildman–Crippen MR) is 73.5 cm³/mol. The summed E-state index contributed by atoms with van der Waals surface area (Å²) in [6, 6.07) is 5.92. The molecule has 0 saturated carbocycles. The molecule has 98 valence electrons. The Morgan fingerprint density at radius 2 is 2.28 bits per heavy atom. The average Bonchev–Trinajstić information content (AvgIpc) is 2.57. The van der Waals surface area contributed by atoms with Gasteiger partial charge in [-0.2, -0.15) is 0 Å². The zero-order chi connectivity index (χ0) is 12.4. The molecule has 1 atom stereocenters. The molecule has 18 heavy (non-hydrogen) atoms. The van der Waals surface area contributed by atoms with Crippen molar-refractivity contribution in [3.05, 3.63) is 28.8 Å². The first kappa shape index (κ1) is 12.3. The smallest absolute Gasteiger partial charge is 0.123 e. The van der Waals surface area contributed by atoms with Crippen molar-refractivity contribution in [1.82, 2.24) is 10.2 Å². The number of halogens is 1. The summed E-state index contributed by atoms with van der Waals surface area (Å²) in [5.41, 5.74) is 1.25. The van der Waals surface area contributed by atoms with Crippen LogP contribution in [0.25, 0.3) is 0 Å². The lowest BCUT2D eigenvalue weighted by Gasteiger charge is -2.22. The number of hydrogen-bond acceptors (Lipinski definition) is 3. The van der Waals surface area contributed by atoms with Gasteiger partial charge in [-0.15, -0.1) is 0 Å². The fourth-order valence-electron chi connectivity index (χ4n) is 2.76. The molecular weight excluding hydrogens is 248 g/mol. The van der Waals surface area contributed by atoms with Crippen LogP contribution >= 0.6 is 11.6 Å². The van der Waals surface area contributed by atoms with E-state index in [4.69, 9.17) is 16.3 Å². The van der Waals surface area contributed by atoms with Crippen LogP contribution in [0.5, 0.6) is 5.75 Å². The second-order valence-corrected chi connectivity index (χ2v) is 5.54. The van der Waals surface area contributed by atoms with Gasteiger partial charge in [-0.1, -0.05) is 11.6 Å². The Labute approximate surface area is 113 Å². The maximum absolute atomic E-state index is 6.01. The highest BCUT2D eigenvalue weighted by atomic mass is 35.5. The van der Waals surface area contributed by atoms with Gasteiger partial charge in [0.2, 0.25) is 0 Å². The Bertz CT molecular complexity index is 416. The highest BCUT2D eigenvalue weighted by Gasteiger charge is 2.25. The molecular formula is C14H19ClN2O. The van der Waals surface area contributed by atoms with Crippen molar-refractivity contribution in [2.45, 2.75) is 18.9 Å². The Balaban J connectivity index is 1.60. The van der Waals surface area contributed by atoms with Crippen molar-refractivity contribution in [2.75, 3.05) is 32.7 Å². The van der Waals surface area contributed by atoms with Crippen LogP contribution in [0.2, 0.25) is 5.02 Å². The minimum atomic E-state index is 0.288. The summed E-state index contributed by atoms with van der Waals surface area (Å²) in [7, 11) is 0. The summed E-state index contributed by atoms with van der Waals surface area (Å²) in [6.07, 6.45) is 2.50. The third kappa shape index (κ3) is 2.79. The summed E-state index contributed by atoms with van der Waals surface area (Å²) >= 11 is 6.01. The van der Waals surface area contributed by atoms with Crippen molar-refractivity contribution in [2.24, 2.45) is 0 Å². The van der Waals surface area contributed by atoms with Crippen LogP contribution in [0.3, 0.4) is 0 Å². The highest BCUT2D eigenvalue weighted by molar-refractivity contribution is 6.30. The SMILES string of the molecule is Clc1ccc2c(c1)CC(CN1CCCNCC1)O2. The topological polar surface area (TPSA) is 24.5 Å². The molecule has 1 saturated heterocycles. The number of benzene rings is 1. The normalized spacial score (nSPS) is 24.4. The van der Waals surface area contributed by atoms with Crippen molar-refractivity contribution in [1.29, 1.82) is 0 Å². The zero-order valence-corrected chi connectivity index (χ0v) is 11.2. The molecule has 1 aromatic carbocycles. The summed E-state index contributed by atoms with van der Waals surface area (Å²) in [4.78, 5) is 2.50. The quantitative estimate of drug-likeness (QED) is 0.885. The van der Waals surface area contributed by atoms with Gasteiger partial charge in [-0.05, 0) is 43.3 Å². The molecule has 2 aliphatic heterocycles. The van der Waals surface area contributed by atoms with E-state index < -0.39 is 0 Å². The largest absolute Gasteiger partial charge is 0.488 e. The van der Waals surface area contributed by atoms with E-state index in [1.54, 1.807) is 0 Å². The number of ether oxygens (including phenoxy) is 1. The summed E-state index contributed by atoms with van der Waals surface area (Å²) < 4.78 is 5.98. The molecule has 2 aliphatic rings. The van der Waals surface area contributed by atoms with Crippen molar-refractivity contribution in [3.8, 4) is 5.75 Å². The minimum Gasteiger partial charge on any atom is -0.488 e. The van der Waals surface area contributed by atoms with E-state index in [2.05, 4.69) is 10.2 Å². The highest BCUT2D eigenvalue weighted by Crippen LogP contribution is 2.31. The van der Waals surface area contributed by atoms with E-state index in [1.165, 1.54) is 18.5 Å². The standard InChI is InChI=1S/C14H19ClN2O/c15-12-2-3-14-11(8-12)9-13(18-14)10-17-6-1-4-16-5-7-17/h2-3,8,13,16H,1,4-7,9-10H2. The lowest BCUT2D eigenvalue weighted by molar-refractivity contribution is 0.155. The van der Waals surface area contributed by atoms with Gasteiger partial charge in [0.05, 0.1) is 0 Å². The minimum absolute atomic E-state index is 0.288. The molecule has 1 N–H and O–H groups in total. The Kier molecular flexibility index (Phi) is 3.73. The Hall–Kier alpha value is -0.770. The van der Waals surface area contributed by atoms with Gasteiger partial charge in [0, 0.05) is 31.1 Å². The van der Waals surface area contributed by atoms with Gasteiger partial charge in [-0.3, -0.25) is 4.90 Å². The van der Waals surface area contributed by atoms with Crippen molar-refractivity contribution in [3.63, 3.8) is 0 Å². The van der Waals surface area contributed by atoms with Gasteiger partial charge >= 0.3 is 0 Å². The van der Waals surface area contributed by atoms with E-state index in [-0.39, 0.29) is 6.10 Å². The van der Waals surface area contributed by atoms with Gasteiger partial charge in [-0.25, -0.2) is 0 Å². The zero-order valence-electron chi connectivity index (χ0n) is 10.5. The monoisotopic (exact) mass is 266 g/mol. The summed E-state index contributed by atoms with van der Waals surface area (Å²) in [6.45, 7) is 5.54. The van der Waals surface area contributed by atoms with E-state index in [9.17, 15) is 0 Å². The summed E-state index contributed by atoms with van der Waals surface area (Å²) in [5.74, 6) is 1.01. The predicted octanol–water partition coefficient (Wildman–Crippen LogP) is 1.94. The second-order valence-electron chi connectivity index (χ2n) is 5.10. The summed E-state index contributed by atoms with van der Waals surface area (Å²) in [5, 5.41) is 4.23. The van der Waals surface area contributed by atoms with Crippen LogP contribution in [0.15, 0.2) is 18.2 Å². The van der Waals surface area contributed by atoms with Gasteiger partial charge < -0.3 is 10.1 Å². The first-order valence-corrected chi connectivity index (χ1v) is 7.07. The molecule has 1 aromatic rings. The second kappa shape index (κ2) is 5.47. The molecule has 3 rings (SSSR count). The average molecular weight is 267 g/mol. The van der Waals surface area contributed by atoms with Gasteiger partial charge in [0.1, 0.15) is 11.9 Å². The molecule has 4 heteroatoms. The Morgan fingerprint density at radius 3 is 3.22 bits per heavy atom. The molecule has 1 fully saturated rings. The first-order valence-electron chi connectivity index (χ1n) is 6.69. The number of nitrogens with zero attached hydrogens (tertiary/aromatic N) is 1. The third-order valence-electron chi connectivity index (χ3n) is 3.66. The lowest BCUT2D eigenvalue weighted by Crippen LogP contribution is -2.37. The molecule has 0 amide bonds. The van der Waals surface area contributed by atoms with E-state index in [0.29, 0.717) is 0 Å². The first-order chi connectivity index (χ1) is 8.81. The van der Waals surface area contributed by atoms with Crippen molar-refractivity contribution < 1.29 is 4.74 Å². The van der Waals surface area contributed by atoms with E-state index >= 15 is 0 Å². The van der Waals surface area contributed by atoms with Gasteiger partial charge in [0.25, 0.3) is 0 Å². The maximum Gasteiger partial charge on any atom is 0.123 e. The van der Waals surface area contributed by atoms with E-state index in [1.807, 2.05) is 18.2 Å². The van der Waals surface area contributed by atoms with Crippen molar-refractivity contribution >= 4 is 11.6 Å². The molecule has 0 aromatic heterocycles. The third-order valence-corrected chi connectivity index (χ3v) is 3.89. The molecule has 0 bridgehead atoms. The Morgan fingerprint density at radius 1 is 1.33 bits per heavy atom. The van der Waals surface area contributed by atoms with E-state index in [0.717, 1.165) is 43.4 Å². The molecule has 0 aliphatic carbocycles. The van der Waals surface area contributed by atoms with Crippen LogP contribution < -0.4 is 10.1 Å². The number of hydrogen-bond donors (Lipinski definition) is 1. The number of nitrogens with one attached hydrogen (secondary N) is 1. The lowest BCUT2D eigenvalue weighted by atomic mass is 10.1. The number of fused-ring (bicyclic) bond motifs is 1. The van der Waals surface area contributed by atoms with Crippen LogP contribution in [-0.4, -0.2) is 43.7 Å². The number of rotatable bonds is 2. The molecule has 1 unspecified atom stereocenters. The fourth-order valence-corrected chi connectivity index (χ4v) is 2.96. The molecule has 3 nitrogen and oxygen atoms in total. The molecule has 2 heterocycles. The van der Waals surface area contributed by atoms with Gasteiger partial charge in [0.15, 0.2) is 0 Å². The van der Waals surface area contributed by atoms with Crippen LogP contribution in [0, 0.1) is 0 Å². The van der Waals surface area contributed by atoms with Crippen LogP contribution in [0.1, 0.15) is 12.0 Å². The molecule has 0 spiro atoms. The van der Waals surface area contributed by atoms with Crippen LogP contribution in [0.4, 0.5) is 0 Å². The van der Waals surface area contributed by atoms with Crippen LogP contribution in [-0.2, 0) is 6.42 Å².